The second-order valence-corrected chi connectivity index (χ2v) is 8.40. The molecule has 0 aliphatic rings. The molecule has 0 aliphatic heterocycles. The minimum absolute atomic E-state index is 0.127. The number of carbonyl (C=O) groups excluding carboxylic acids is 1. The summed E-state index contributed by atoms with van der Waals surface area (Å²) in [4.78, 5) is 12.1. The maximum absolute atomic E-state index is 12.1. The Bertz CT molecular complexity index is 1020. The lowest BCUT2D eigenvalue weighted by atomic mass is 10.1. The summed E-state index contributed by atoms with van der Waals surface area (Å²) in [5, 5.41) is 6.21. The van der Waals surface area contributed by atoms with Crippen LogP contribution in [-0.4, -0.2) is 18.2 Å². The molecule has 0 saturated heterocycles. The third-order valence-electron chi connectivity index (χ3n) is 3.85. The Morgan fingerprint density at radius 3 is 2.44 bits per heavy atom. The Hall–Kier alpha value is -1.70. The lowest BCUT2D eigenvalue weighted by Gasteiger charge is -2.10. The van der Waals surface area contributed by atoms with Crippen molar-refractivity contribution in [2.75, 3.05) is 6.61 Å². The van der Waals surface area contributed by atoms with E-state index in [-0.39, 0.29) is 12.5 Å². The topological polar surface area (TPSA) is 50.7 Å². The van der Waals surface area contributed by atoms with Crippen LogP contribution >= 0.6 is 47.8 Å². The van der Waals surface area contributed by atoms with E-state index in [2.05, 4.69) is 58.3 Å². The molecule has 0 radical (unpaired) electrons. The second-order valence-electron chi connectivity index (χ2n) is 5.77. The maximum atomic E-state index is 12.1. The summed E-state index contributed by atoms with van der Waals surface area (Å²) in [7, 11) is 0. The van der Waals surface area contributed by atoms with Crippen LogP contribution in [0.5, 0.6) is 5.75 Å². The van der Waals surface area contributed by atoms with Crippen LogP contribution in [0.25, 0.3) is 10.8 Å². The summed E-state index contributed by atoms with van der Waals surface area (Å²) < 4.78 is 8.46. The normalized spacial score (nSPS) is 11.5. The van der Waals surface area contributed by atoms with Gasteiger partial charge in [0.15, 0.2) is 6.61 Å². The highest BCUT2D eigenvalue weighted by Crippen LogP contribution is 2.34. The van der Waals surface area contributed by atoms with Crippen LogP contribution in [-0.2, 0) is 4.79 Å². The molecule has 3 rings (SSSR count). The number of fused-ring (bicyclic) bond motifs is 1. The molecule has 0 fully saturated rings. The minimum atomic E-state index is -0.325. The highest BCUT2D eigenvalue weighted by molar-refractivity contribution is 9.11. The number of nitrogens with zero attached hydrogens (tertiary/aromatic N) is 1. The van der Waals surface area contributed by atoms with Crippen LogP contribution in [0.1, 0.15) is 12.5 Å². The fourth-order valence-electron chi connectivity index (χ4n) is 2.43. The number of carbonyl (C=O) groups is 1. The van der Waals surface area contributed by atoms with Gasteiger partial charge >= 0.3 is 0 Å². The van der Waals surface area contributed by atoms with E-state index < -0.39 is 0 Å². The van der Waals surface area contributed by atoms with Gasteiger partial charge in [-0.2, -0.15) is 5.10 Å². The molecule has 0 aromatic heterocycles. The van der Waals surface area contributed by atoms with Crippen molar-refractivity contribution in [2.24, 2.45) is 5.10 Å². The van der Waals surface area contributed by atoms with Crippen LogP contribution in [0.4, 0.5) is 0 Å². The maximum Gasteiger partial charge on any atom is 0.277 e. The van der Waals surface area contributed by atoms with Crippen LogP contribution in [0.3, 0.4) is 0 Å². The van der Waals surface area contributed by atoms with Crippen LogP contribution < -0.4 is 10.2 Å². The Morgan fingerprint density at radius 1 is 1.00 bits per heavy atom. The third-order valence-corrected chi connectivity index (χ3v) is 5.69. The Kier molecular flexibility index (Phi) is 6.68. The number of ether oxygens (including phenoxy) is 1. The molecule has 4 nitrogen and oxygen atoms in total. The van der Waals surface area contributed by atoms with Crippen molar-refractivity contribution in [3.63, 3.8) is 0 Å². The lowest BCUT2D eigenvalue weighted by Crippen LogP contribution is -2.25. The lowest BCUT2D eigenvalue weighted by molar-refractivity contribution is -0.123. The van der Waals surface area contributed by atoms with Gasteiger partial charge in [0.25, 0.3) is 5.91 Å². The molecule has 3 aromatic carbocycles. The molecule has 0 saturated carbocycles. The van der Waals surface area contributed by atoms with E-state index in [1.54, 1.807) is 0 Å². The van der Waals surface area contributed by atoms with Crippen molar-refractivity contribution in [3.05, 3.63) is 73.6 Å². The van der Waals surface area contributed by atoms with Gasteiger partial charge in [-0.25, -0.2) is 5.43 Å². The Balaban J connectivity index is 1.63. The van der Waals surface area contributed by atoms with Crippen molar-refractivity contribution >= 4 is 70.2 Å². The molecule has 1 N–H and O–H groups in total. The highest BCUT2D eigenvalue weighted by Gasteiger charge is 2.09. The number of hydrogen-bond donors (Lipinski definition) is 1. The molecule has 3 aromatic rings. The van der Waals surface area contributed by atoms with Crippen molar-refractivity contribution < 1.29 is 9.53 Å². The predicted octanol–water partition coefficient (Wildman–Crippen LogP) is 6.05. The van der Waals surface area contributed by atoms with Gasteiger partial charge in [0.05, 0.1) is 10.2 Å². The van der Waals surface area contributed by atoms with Crippen molar-refractivity contribution in [2.45, 2.75) is 6.92 Å². The van der Waals surface area contributed by atoms with Gasteiger partial charge in [0, 0.05) is 8.95 Å². The molecule has 0 aliphatic carbocycles. The molecule has 1 amide bonds. The zero-order valence-corrected chi connectivity index (χ0v) is 19.1. The summed E-state index contributed by atoms with van der Waals surface area (Å²) in [5.74, 6) is 0.280. The van der Waals surface area contributed by atoms with Gasteiger partial charge in [-0.3, -0.25) is 4.79 Å². The SMILES string of the molecule is CC(=NNC(=O)COc1ccc2cc(Br)ccc2c1Br)c1ccc(Br)cc1. The van der Waals surface area contributed by atoms with E-state index in [1.165, 1.54) is 0 Å². The van der Waals surface area contributed by atoms with Gasteiger partial charge < -0.3 is 4.74 Å². The molecular weight excluding hydrogens is 540 g/mol. The van der Waals surface area contributed by atoms with Gasteiger partial charge in [0.1, 0.15) is 5.75 Å². The smallest absolute Gasteiger partial charge is 0.277 e. The first kappa shape index (κ1) is 20.0. The van der Waals surface area contributed by atoms with Crippen LogP contribution in [0.2, 0.25) is 0 Å². The average molecular weight is 555 g/mol. The minimum Gasteiger partial charge on any atom is -0.483 e. The molecular formula is C20H15Br3N2O2. The third kappa shape index (κ3) is 5.18. The number of nitrogens with one attached hydrogen (secondary N) is 1. The second kappa shape index (κ2) is 8.99. The predicted molar refractivity (Wildman–Crippen MR) is 119 cm³/mol. The number of halogens is 3. The van der Waals surface area contributed by atoms with Crippen LogP contribution in [0, 0.1) is 0 Å². The van der Waals surface area contributed by atoms with E-state index in [0.717, 1.165) is 29.8 Å². The zero-order chi connectivity index (χ0) is 19.4. The molecule has 0 bridgehead atoms. The molecule has 138 valence electrons. The first-order valence-corrected chi connectivity index (χ1v) is 10.4. The fraction of sp³-hybridized carbons (Fsp3) is 0.100. The molecule has 0 atom stereocenters. The first-order chi connectivity index (χ1) is 12.9. The van der Waals surface area contributed by atoms with Gasteiger partial charge in [-0.1, -0.05) is 56.1 Å². The molecule has 7 heteroatoms. The zero-order valence-electron chi connectivity index (χ0n) is 14.3. The standard InChI is InChI=1S/C20H15Br3N2O2/c1-12(13-2-5-15(21)6-3-13)24-25-19(26)11-27-18-9-4-14-10-16(22)7-8-17(14)20(18)23/h2-10H,11H2,1H3,(H,25,26). The summed E-state index contributed by atoms with van der Waals surface area (Å²) >= 11 is 10.4. The largest absolute Gasteiger partial charge is 0.483 e. The van der Waals surface area contributed by atoms with Crippen molar-refractivity contribution in [1.29, 1.82) is 0 Å². The molecule has 27 heavy (non-hydrogen) atoms. The number of amides is 1. The average Bonchev–Trinajstić information content (AvgIpc) is 2.66. The number of benzene rings is 3. The van der Waals surface area contributed by atoms with E-state index in [9.17, 15) is 4.79 Å². The van der Waals surface area contributed by atoms with Gasteiger partial charge in [-0.05, 0) is 69.5 Å². The Labute approximate surface area is 182 Å². The first-order valence-electron chi connectivity index (χ1n) is 8.03. The quantitative estimate of drug-likeness (QED) is 0.308. The van der Waals surface area contributed by atoms with E-state index in [4.69, 9.17) is 4.74 Å². The highest BCUT2D eigenvalue weighted by atomic mass is 79.9. The van der Waals surface area contributed by atoms with Gasteiger partial charge in [0.2, 0.25) is 0 Å². The fourth-order valence-corrected chi connectivity index (χ4v) is 3.68. The Morgan fingerprint density at radius 2 is 1.70 bits per heavy atom. The monoisotopic (exact) mass is 552 g/mol. The van der Waals surface area contributed by atoms with Crippen molar-refractivity contribution in [3.8, 4) is 5.75 Å². The molecule has 0 spiro atoms. The van der Waals surface area contributed by atoms with Crippen LogP contribution in [0.15, 0.2) is 73.1 Å². The summed E-state index contributed by atoms with van der Waals surface area (Å²) in [6.45, 7) is 1.71. The number of rotatable bonds is 5. The van der Waals surface area contributed by atoms with E-state index >= 15 is 0 Å². The van der Waals surface area contributed by atoms with Crippen molar-refractivity contribution in [1.82, 2.24) is 5.43 Å². The molecule has 0 heterocycles. The van der Waals surface area contributed by atoms with E-state index in [0.29, 0.717) is 11.5 Å². The number of hydrogen-bond acceptors (Lipinski definition) is 3. The summed E-state index contributed by atoms with van der Waals surface area (Å²) in [6, 6.07) is 17.5. The summed E-state index contributed by atoms with van der Waals surface area (Å²) in [5.41, 5.74) is 4.17. The van der Waals surface area contributed by atoms with Gasteiger partial charge in [-0.15, -0.1) is 0 Å². The number of hydrazone groups is 1. The van der Waals surface area contributed by atoms with E-state index in [1.807, 2.05) is 61.5 Å². The summed E-state index contributed by atoms with van der Waals surface area (Å²) in [6.07, 6.45) is 0. The molecule has 0 unspecified atom stereocenters.